The topological polar surface area (TPSA) is 139 Å². The lowest BCUT2D eigenvalue weighted by Gasteiger charge is -2.22. The first-order valence-corrected chi connectivity index (χ1v) is 6.07. The molecule has 0 radical (unpaired) electrons. The van der Waals surface area contributed by atoms with E-state index < -0.39 is 41.7 Å². The van der Waals surface area contributed by atoms with E-state index >= 15 is 0 Å². The number of rotatable bonds is 6. The second-order valence-corrected chi connectivity index (χ2v) is 5.51. The third kappa shape index (κ3) is 6.17. The van der Waals surface area contributed by atoms with Crippen molar-refractivity contribution in [2.45, 2.75) is 46.2 Å². The molecule has 114 valence electrons. The number of carboxylic acids is 1. The SMILES string of the molecule is CC(NC(=O)C(C)(C)C)C(=O)N[C@@H](CC(N)=O)C(=O)O. The molecule has 0 heterocycles. The quantitative estimate of drug-likeness (QED) is 0.495. The van der Waals surface area contributed by atoms with Crippen molar-refractivity contribution in [3.05, 3.63) is 0 Å². The minimum absolute atomic E-state index is 0.345. The highest BCUT2D eigenvalue weighted by Crippen LogP contribution is 2.12. The summed E-state index contributed by atoms with van der Waals surface area (Å²) in [5.74, 6) is -3.26. The van der Waals surface area contributed by atoms with Gasteiger partial charge in [-0.05, 0) is 6.92 Å². The second-order valence-electron chi connectivity index (χ2n) is 5.51. The minimum Gasteiger partial charge on any atom is -0.480 e. The highest BCUT2D eigenvalue weighted by molar-refractivity contribution is 5.92. The van der Waals surface area contributed by atoms with Gasteiger partial charge in [0.2, 0.25) is 17.7 Å². The van der Waals surface area contributed by atoms with Crippen LogP contribution in [-0.2, 0) is 19.2 Å². The summed E-state index contributed by atoms with van der Waals surface area (Å²) in [6.07, 6.45) is -0.513. The highest BCUT2D eigenvalue weighted by Gasteiger charge is 2.28. The molecule has 0 aliphatic carbocycles. The van der Waals surface area contributed by atoms with Crippen LogP contribution in [0.2, 0.25) is 0 Å². The molecule has 20 heavy (non-hydrogen) atoms. The smallest absolute Gasteiger partial charge is 0.326 e. The molecule has 0 spiro atoms. The molecule has 8 nitrogen and oxygen atoms in total. The van der Waals surface area contributed by atoms with Gasteiger partial charge in [-0.15, -0.1) is 0 Å². The number of nitrogens with one attached hydrogen (secondary N) is 2. The van der Waals surface area contributed by atoms with Gasteiger partial charge in [-0.25, -0.2) is 4.79 Å². The molecule has 8 heteroatoms. The number of amides is 3. The second kappa shape index (κ2) is 6.88. The van der Waals surface area contributed by atoms with Gasteiger partial charge < -0.3 is 21.5 Å². The van der Waals surface area contributed by atoms with Crippen molar-refractivity contribution in [1.82, 2.24) is 10.6 Å². The van der Waals surface area contributed by atoms with Crippen LogP contribution in [0, 0.1) is 5.41 Å². The molecule has 0 aromatic rings. The lowest BCUT2D eigenvalue weighted by Crippen LogP contribution is -2.52. The number of carbonyl (C=O) groups excluding carboxylic acids is 3. The van der Waals surface area contributed by atoms with E-state index in [-0.39, 0.29) is 5.91 Å². The number of nitrogens with two attached hydrogens (primary N) is 1. The third-order valence-corrected chi connectivity index (χ3v) is 2.44. The number of hydrogen-bond donors (Lipinski definition) is 4. The Morgan fingerprint density at radius 2 is 1.65 bits per heavy atom. The fourth-order valence-electron chi connectivity index (χ4n) is 1.18. The molecule has 0 aliphatic rings. The molecular formula is C12H21N3O5. The Kier molecular flexibility index (Phi) is 6.15. The number of primary amides is 1. The Balaban J connectivity index is 4.62. The zero-order valence-corrected chi connectivity index (χ0v) is 12.0. The van der Waals surface area contributed by atoms with Gasteiger partial charge in [0.1, 0.15) is 12.1 Å². The van der Waals surface area contributed by atoms with E-state index in [9.17, 15) is 19.2 Å². The Morgan fingerprint density at radius 3 is 2.00 bits per heavy atom. The number of carboxylic acid groups (broad SMARTS) is 1. The largest absolute Gasteiger partial charge is 0.480 e. The molecule has 0 aliphatic heterocycles. The average molecular weight is 287 g/mol. The van der Waals surface area contributed by atoms with Crippen LogP contribution in [0.15, 0.2) is 0 Å². The third-order valence-electron chi connectivity index (χ3n) is 2.44. The maximum absolute atomic E-state index is 11.8. The van der Waals surface area contributed by atoms with E-state index in [1.54, 1.807) is 20.8 Å². The van der Waals surface area contributed by atoms with Crippen molar-refractivity contribution in [3.63, 3.8) is 0 Å². The fraction of sp³-hybridized carbons (Fsp3) is 0.667. The predicted octanol–water partition coefficient (Wildman–Crippen LogP) is -1.02. The Bertz CT molecular complexity index is 414. The van der Waals surface area contributed by atoms with Gasteiger partial charge in [0.25, 0.3) is 0 Å². The highest BCUT2D eigenvalue weighted by atomic mass is 16.4. The summed E-state index contributed by atoms with van der Waals surface area (Å²) in [6.45, 7) is 6.46. The van der Waals surface area contributed by atoms with Gasteiger partial charge in [-0.3, -0.25) is 14.4 Å². The molecule has 0 saturated carbocycles. The molecule has 0 aromatic carbocycles. The van der Waals surface area contributed by atoms with Crippen molar-refractivity contribution in [2.75, 3.05) is 0 Å². The van der Waals surface area contributed by atoms with E-state index in [0.29, 0.717) is 0 Å². The normalized spacial score (nSPS) is 14.0. The van der Waals surface area contributed by atoms with Crippen LogP contribution in [0.4, 0.5) is 0 Å². The maximum Gasteiger partial charge on any atom is 0.326 e. The Morgan fingerprint density at radius 1 is 1.15 bits per heavy atom. The molecule has 5 N–H and O–H groups in total. The summed E-state index contributed by atoms with van der Waals surface area (Å²) >= 11 is 0. The minimum atomic E-state index is -1.41. The van der Waals surface area contributed by atoms with Crippen LogP contribution in [0.1, 0.15) is 34.1 Å². The van der Waals surface area contributed by atoms with Gasteiger partial charge in [0, 0.05) is 5.41 Å². The molecule has 0 aromatic heterocycles. The number of aliphatic carboxylic acids is 1. The monoisotopic (exact) mass is 287 g/mol. The van der Waals surface area contributed by atoms with Gasteiger partial charge in [-0.1, -0.05) is 20.8 Å². The summed E-state index contributed by atoms with van der Waals surface area (Å²) < 4.78 is 0. The molecule has 0 saturated heterocycles. The van der Waals surface area contributed by atoms with Crippen molar-refractivity contribution in [3.8, 4) is 0 Å². The van der Waals surface area contributed by atoms with Gasteiger partial charge in [0.15, 0.2) is 0 Å². The van der Waals surface area contributed by atoms with Crippen molar-refractivity contribution >= 4 is 23.7 Å². The summed E-state index contributed by atoms with van der Waals surface area (Å²) in [6, 6.07) is -2.33. The van der Waals surface area contributed by atoms with E-state index in [1.165, 1.54) is 6.92 Å². The van der Waals surface area contributed by atoms with E-state index in [0.717, 1.165) is 0 Å². The van der Waals surface area contributed by atoms with E-state index in [1.807, 2.05) is 0 Å². The van der Waals surface area contributed by atoms with Gasteiger partial charge in [0.05, 0.1) is 6.42 Å². The first-order chi connectivity index (χ1) is 8.95. The van der Waals surface area contributed by atoms with Crippen molar-refractivity contribution in [2.24, 2.45) is 11.1 Å². The van der Waals surface area contributed by atoms with Crippen molar-refractivity contribution < 1.29 is 24.3 Å². The van der Waals surface area contributed by atoms with E-state index in [2.05, 4.69) is 10.6 Å². The summed E-state index contributed by atoms with van der Waals surface area (Å²) in [5, 5.41) is 13.5. The summed E-state index contributed by atoms with van der Waals surface area (Å²) in [4.78, 5) is 45.0. The molecule has 0 fully saturated rings. The molecule has 3 amide bonds. The van der Waals surface area contributed by atoms with Crippen LogP contribution in [0.3, 0.4) is 0 Å². The zero-order chi connectivity index (χ0) is 16.1. The van der Waals surface area contributed by atoms with Crippen LogP contribution >= 0.6 is 0 Å². The molecule has 2 atom stereocenters. The Labute approximate surface area is 117 Å². The number of carbonyl (C=O) groups is 4. The lowest BCUT2D eigenvalue weighted by atomic mass is 9.95. The standard InChI is InChI=1S/C12H21N3O5/c1-6(14-11(20)12(2,3)4)9(17)15-7(10(18)19)5-8(13)16/h6-7H,5H2,1-4H3,(H2,13,16)(H,14,20)(H,15,17)(H,18,19)/t6?,7-/m0/s1. The van der Waals surface area contributed by atoms with Crippen LogP contribution < -0.4 is 16.4 Å². The summed E-state index contributed by atoms with van der Waals surface area (Å²) in [7, 11) is 0. The predicted molar refractivity (Wildman–Crippen MR) is 70.4 cm³/mol. The molecule has 0 rings (SSSR count). The molecule has 0 bridgehead atoms. The van der Waals surface area contributed by atoms with Crippen molar-refractivity contribution in [1.29, 1.82) is 0 Å². The first kappa shape index (κ1) is 17.9. The van der Waals surface area contributed by atoms with Crippen LogP contribution in [-0.4, -0.2) is 40.9 Å². The Hall–Kier alpha value is -2.12. The van der Waals surface area contributed by atoms with E-state index in [4.69, 9.17) is 10.8 Å². The zero-order valence-electron chi connectivity index (χ0n) is 12.0. The van der Waals surface area contributed by atoms with Gasteiger partial charge >= 0.3 is 5.97 Å². The molecular weight excluding hydrogens is 266 g/mol. The first-order valence-electron chi connectivity index (χ1n) is 6.07. The number of hydrogen-bond acceptors (Lipinski definition) is 4. The van der Waals surface area contributed by atoms with Crippen LogP contribution in [0.25, 0.3) is 0 Å². The maximum atomic E-state index is 11.8. The fourth-order valence-corrected chi connectivity index (χ4v) is 1.18. The summed E-state index contributed by atoms with van der Waals surface area (Å²) in [5.41, 5.74) is 4.22. The van der Waals surface area contributed by atoms with Crippen LogP contribution in [0.5, 0.6) is 0 Å². The molecule has 1 unspecified atom stereocenters. The average Bonchev–Trinajstić information content (AvgIpc) is 2.25. The lowest BCUT2D eigenvalue weighted by molar-refractivity contribution is -0.143. The van der Waals surface area contributed by atoms with Gasteiger partial charge in [-0.2, -0.15) is 0 Å².